The zero-order valence-corrected chi connectivity index (χ0v) is 22.9. The first-order valence-corrected chi connectivity index (χ1v) is 14.0. The first-order chi connectivity index (χ1) is 16.0. The average molecular weight is 489 g/mol. The molecule has 4 fully saturated rings. The van der Waals surface area contributed by atoms with Crippen LogP contribution >= 0.6 is 0 Å². The van der Waals surface area contributed by atoms with E-state index in [4.69, 9.17) is 0 Å². The molecular weight excluding hydrogens is 440 g/mol. The van der Waals surface area contributed by atoms with Crippen LogP contribution in [-0.2, 0) is 4.79 Å². The molecule has 0 saturated heterocycles. The second-order valence-electron chi connectivity index (χ2n) is 15.2. The molecule has 35 heavy (non-hydrogen) atoms. The molecule has 3 unspecified atom stereocenters. The van der Waals surface area contributed by atoms with Crippen LogP contribution in [0.15, 0.2) is 11.6 Å². The molecule has 0 spiro atoms. The highest BCUT2D eigenvalue weighted by Crippen LogP contribution is 2.75. The van der Waals surface area contributed by atoms with Crippen LogP contribution in [0.3, 0.4) is 0 Å². The van der Waals surface area contributed by atoms with Gasteiger partial charge in [-0.1, -0.05) is 60.1 Å². The highest BCUT2D eigenvalue weighted by Gasteiger charge is 2.71. The second-order valence-corrected chi connectivity index (χ2v) is 15.2. The Labute approximate surface area is 211 Å². The maximum absolute atomic E-state index is 12.8. The number of carboxylic acid groups (broad SMARTS) is 1. The van der Waals surface area contributed by atoms with Gasteiger partial charge in [-0.25, -0.2) is 0 Å². The predicted molar refractivity (Wildman–Crippen MR) is 135 cm³/mol. The number of hydrogen-bond donors (Lipinski definition) is 4. The van der Waals surface area contributed by atoms with E-state index in [0.29, 0.717) is 31.1 Å². The maximum atomic E-state index is 12.8. The minimum atomic E-state index is -0.877. The minimum absolute atomic E-state index is 0.0492. The van der Waals surface area contributed by atoms with Gasteiger partial charge in [0.2, 0.25) is 0 Å². The Hall–Kier alpha value is -0.910. The minimum Gasteiger partial charge on any atom is -0.481 e. The number of aliphatic hydroxyl groups is 3. The van der Waals surface area contributed by atoms with Gasteiger partial charge in [0.25, 0.3) is 0 Å². The molecule has 0 bridgehead atoms. The molecule has 10 atom stereocenters. The Kier molecular flexibility index (Phi) is 5.40. The van der Waals surface area contributed by atoms with Gasteiger partial charge in [0, 0.05) is 5.92 Å². The number of aliphatic hydroxyl groups excluding tert-OH is 3. The van der Waals surface area contributed by atoms with Gasteiger partial charge in [0.15, 0.2) is 0 Å². The van der Waals surface area contributed by atoms with Gasteiger partial charge in [0.05, 0.1) is 23.7 Å². The largest absolute Gasteiger partial charge is 0.481 e. The highest BCUT2D eigenvalue weighted by molar-refractivity contribution is 5.77. The standard InChI is InChI=1S/C30H48O5/c1-25(2)12-14-30(24(34)35)15-13-28(6)17(21(30)23(25)33)8-9-20-27(5)16-18(31)22(32)26(3,4)19(27)10-11-29(20,28)7/h8,18-23,31-33H,9-16H2,1-7H3,(H,34,35)/t18?,19-,20+,21+,22?,23?,27-,28+,29+,30-/m0/s1. The zero-order chi connectivity index (χ0) is 26.0. The van der Waals surface area contributed by atoms with Crippen molar-refractivity contribution in [1.29, 1.82) is 0 Å². The molecule has 5 rings (SSSR count). The van der Waals surface area contributed by atoms with Crippen molar-refractivity contribution in [3.63, 3.8) is 0 Å². The number of hydrogen-bond acceptors (Lipinski definition) is 4. The molecular formula is C30H48O5. The van der Waals surface area contributed by atoms with Crippen molar-refractivity contribution >= 4 is 5.97 Å². The summed E-state index contributed by atoms with van der Waals surface area (Å²) in [6.45, 7) is 15.6. The molecule has 5 aliphatic rings. The Morgan fingerprint density at radius 1 is 0.857 bits per heavy atom. The van der Waals surface area contributed by atoms with E-state index in [9.17, 15) is 25.2 Å². The van der Waals surface area contributed by atoms with Crippen LogP contribution in [0.4, 0.5) is 0 Å². The number of carboxylic acids is 1. The van der Waals surface area contributed by atoms with Crippen LogP contribution in [0.25, 0.3) is 0 Å². The maximum Gasteiger partial charge on any atom is 0.310 e. The molecule has 0 radical (unpaired) electrons. The number of carbonyl (C=O) groups is 1. The highest BCUT2D eigenvalue weighted by atomic mass is 16.4. The van der Waals surface area contributed by atoms with Crippen molar-refractivity contribution in [3.8, 4) is 0 Å². The van der Waals surface area contributed by atoms with Gasteiger partial charge < -0.3 is 20.4 Å². The normalized spacial score (nSPS) is 54.4. The fourth-order valence-electron chi connectivity index (χ4n) is 10.7. The molecule has 4 N–H and O–H groups in total. The average Bonchev–Trinajstić information content (AvgIpc) is 2.75. The number of rotatable bonds is 1. The summed E-state index contributed by atoms with van der Waals surface area (Å²) in [5.74, 6) is -0.420. The van der Waals surface area contributed by atoms with Crippen molar-refractivity contribution in [2.45, 2.75) is 118 Å². The molecule has 198 valence electrons. The third-order valence-corrected chi connectivity index (χ3v) is 13.2. The summed E-state index contributed by atoms with van der Waals surface area (Å²) < 4.78 is 0. The molecule has 0 aromatic carbocycles. The smallest absolute Gasteiger partial charge is 0.310 e. The lowest BCUT2D eigenvalue weighted by atomic mass is 9.33. The zero-order valence-electron chi connectivity index (χ0n) is 22.9. The summed E-state index contributed by atoms with van der Waals surface area (Å²) >= 11 is 0. The number of allylic oxidation sites excluding steroid dienone is 1. The van der Waals surface area contributed by atoms with Crippen molar-refractivity contribution in [1.82, 2.24) is 0 Å². The van der Waals surface area contributed by atoms with Crippen LogP contribution in [0.1, 0.15) is 99.8 Å². The molecule has 0 amide bonds. The van der Waals surface area contributed by atoms with Crippen LogP contribution in [0.2, 0.25) is 0 Å². The Morgan fingerprint density at radius 3 is 2.11 bits per heavy atom. The SMILES string of the molecule is CC1(C)CC[C@]2(C(=O)O)CC[C@]3(C)C(=CC[C@@H]4[C@@]5(C)CC(O)C(O)C(C)(C)[C@@H]5CC[C@]43C)[C@@H]2C1O. The fourth-order valence-corrected chi connectivity index (χ4v) is 10.7. The summed E-state index contributed by atoms with van der Waals surface area (Å²) in [4.78, 5) is 12.8. The van der Waals surface area contributed by atoms with Crippen molar-refractivity contribution in [2.75, 3.05) is 0 Å². The van der Waals surface area contributed by atoms with Crippen LogP contribution < -0.4 is 0 Å². The summed E-state index contributed by atoms with van der Waals surface area (Å²) in [6.07, 6.45) is 6.54. The Bertz CT molecular complexity index is 952. The molecule has 4 saturated carbocycles. The summed E-state index contributed by atoms with van der Waals surface area (Å²) in [6, 6.07) is 0. The molecule has 5 aliphatic carbocycles. The number of aliphatic carboxylic acids is 1. The first-order valence-electron chi connectivity index (χ1n) is 14.0. The third kappa shape index (κ3) is 2.95. The van der Waals surface area contributed by atoms with E-state index in [1.807, 2.05) is 0 Å². The van der Waals surface area contributed by atoms with Gasteiger partial charge in [-0.2, -0.15) is 0 Å². The molecule has 0 aromatic heterocycles. The van der Waals surface area contributed by atoms with Gasteiger partial charge in [-0.3, -0.25) is 4.79 Å². The van der Waals surface area contributed by atoms with Crippen molar-refractivity contribution in [3.05, 3.63) is 11.6 Å². The van der Waals surface area contributed by atoms with E-state index in [1.165, 1.54) is 5.57 Å². The van der Waals surface area contributed by atoms with E-state index in [0.717, 1.165) is 32.1 Å². The quantitative estimate of drug-likeness (QED) is 0.382. The van der Waals surface area contributed by atoms with E-state index in [2.05, 4.69) is 54.5 Å². The molecule has 5 heteroatoms. The topological polar surface area (TPSA) is 98.0 Å². The first kappa shape index (κ1) is 25.7. The van der Waals surface area contributed by atoms with Crippen molar-refractivity contribution < 1.29 is 25.2 Å². The predicted octanol–water partition coefficient (Wildman–Crippen LogP) is 5.18. The monoisotopic (exact) mass is 488 g/mol. The van der Waals surface area contributed by atoms with Crippen molar-refractivity contribution in [2.24, 2.45) is 50.2 Å². The fraction of sp³-hybridized carbons (Fsp3) is 0.900. The van der Waals surface area contributed by atoms with E-state index < -0.39 is 29.7 Å². The second kappa shape index (κ2) is 7.35. The van der Waals surface area contributed by atoms with E-state index in [-0.39, 0.29) is 33.0 Å². The van der Waals surface area contributed by atoms with E-state index in [1.54, 1.807) is 0 Å². The lowest BCUT2D eigenvalue weighted by Crippen LogP contribution is -2.68. The Morgan fingerprint density at radius 2 is 1.49 bits per heavy atom. The van der Waals surface area contributed by atoms with Crippen LogP contribution in [-0.4, -0.2) is 44.7 Å². The van der Waals surface area contributed by atoms with Gasteiger partial charge >= 0.3 is 5.97 Å². The Balaban J connectivity index is 1.63. The van der Waals surface area contributed by atoms with Gasteiger partial charge in [-0.15, -0.1) is 0 Å². The molecule has 0 heterocycles. The third-order valence-electron chi connectivity index (χ3n) is 13.2. The molecule has 0 aromatic rings. The lowest BCUT2D eigenvalue weighted by Gasteiger charge is -2.71. The lowest BCUT2D eigenvalue weighted by molar-refractivity contribution is -0.234. The molecule has 5 nitrogen and oxygen atoms in total. The van der Waals surface area contributed by atoms with Gasteiger partial charge in [0.1, 0.15) is 0 Å². The summed E-state index contributed by atoms with van der Waals surface area (Å²) in [5.41, 5.74) is -0.684. The van der Waals surface area contributed by atoms with Crippen LogP contribution in [0.5, 0.6) is 0 Å². The summed E-state index contributed by atoms with van der Waals surface area (Å²) in [7, 11) is 0. The van der Waals surface area contributed by atoms with E-state index >= 15 is 0 Å². The molecule has 0 aliphatic heterocycles. The van der Waals surface area contributed by atoms with Gasteiger partial charge in [-0.05, 0) is 90.3 Å². The number of fused-ring (bicyclic) bond motifs is 7. The summed E-state index contributed by atoms with van der Waals surface area (Å²) in [5, 5.41) is 44.1. The van der Waals surface area contributed by atoms with Crippen LogP contribution in [0, 0.1) is 50.2 Å².